The van der Waals surface area contributed by atoms with Gasteiger partial charge in [-0.3, -0.25) is 4.90 Å². The van der Waals surface area contributed by atoms with Gasteiger partial charge in [-0.25, -0.2) is 0 Å². The van der Waals surface area contributed by atoms with Gasteiger partial charge in [0.1, 0.15) is 0 Å². The van der Waals surface area contributed by atoms with Gasteiger partial charge in [-0.1, -0.05) is 12.0 Å². The Morgan fingerprint density at radius 1 is 1.38 bits per heavy atom. The Balaban J connectivity index is 3.10. The zero-order valence-corrected chi connectivity index (χ0v) is 9.31. The third-order valence-electron chi connectivity index (χ3n) is 3.11. The van der Waals surface area contributed by atoms with Crippen molar-refractivity contribution >= 4 is 0 Å². The Morgan fingerprint density at radius 2 is 1.92 bits per heavy atom. The summed E-state index contributed by atoms with van der Waals surface area (Å²) in [6, 6.07) is 0. The van der Waals surface area contributed by atoms with Crippen LogP contribution >= 0.6 is 0 Å². The van der Waals surface area contributed by atoms with Crippen molar-refractivity contribution in [1.29, 1.82) is 0 Å². The summed E-state index contributed by atoms with van der Waals surface area (Å²) in [5.74, 6) is 2.77. The summed E-state index contributed by atoms with van der Waals surface area (Å²) in [7, 11) is 2.16. The fourth-order valence-electron chi connectivity index (χ4n) is 2.03. The molecule has 72 valence electrons. The van der Waals surface area contributed by atoms with E-state index in [-0.39, 0.29) is 11.1 Å². The number of terminal acetylenes is 1. The molecule has 1 aliphatic rings. The third kappa shape index (κ3) is 1.78. The van der Waals surface area contributed by atoms with Gasteiger partial charge < -0.3 is 0 Å². The molecule has 1 aliphatic heterocycles. The van der Waals surface area contributed by atoms with Crippen molar-refractivity contribution < 1.29 is 0 Å². The maximum absolute atomic E-state index is 5.45. The van der Waals surface area contributed by atoms with Crippen molar-refractivity contribution in [3.8, 4) is 12.3 Å². The Bertz CT molecular complexity index is 276. The SMILES string of the molecule is C#CC1=CC(C)(C)N(C)C(C)(C)C1. The van der Waals surface area contributed by atoms with E-state index in [2.05, 4.69) is 51.6 Å². The topological polar surface area (TPSA) is 3.24 Å². The summed E-state index contributed by atoms with van der Waals surface area (Å²) in [6.07, 6.45) is 8.62. The second-order valence-electron chi connectivity index (χ2n) is 5.02. The lowest BCUT2D eigenvalue weighted by molar-refractivity contribution is 0.0637. The fraction of sp³-hybridized carbons (Fsp3) is 0.667. The van der Waals surface area contributed by atoms with Gasteiger partial charge in [0.15, 0.2) is 0 Å². The first-order chi connectivity index (χ1) is 5.79. The first-order valence-corrected chi connectivity index (χ1v) is 4.72. The van der Waals surface area contributed by atoms with Crippen molar-refractivity contribution in [3.05, 3.63) is 11.6 Å². The van der Waals surface area contributed by atoms with Crippen molar-refractivity contribution in [2.24, 2.45) is 0 Å². The molecule has 0 saturated carbocycles. The molecule has 0 radical (unpaired) electrons. The molecule has 1 rings (SSSR count). The summed E-state index contributed by atoms with van der Waals surface area (Å²) in [5.41, 5.74) is 1.37. The maximum atomic E-state index is 5.45. The highest BCUT2D eigenvalue weighted by Gasteiger charge is 2.37. The first-order valence-electron chi connectivity index (χ1n) is 4.72. The van der Waals surface area contributed by atoms with Gasteiger partial charge in [0.05, 0.1) is 0 Å². The van der Waals surface area contributed by atoms with Crippen LogP contribution in [0.15, 0.2) is 11.6 Å². The molecule has 0 aromatic heterocycles. The van der Waals surface area contributed by atoms with Crippen molar-refractivity contribution in [1.82, 2.24) is 4.90 Å². The largest absolute Gasteiger partial charge is 0.292 e. The van der Waals surface area contributed by atoms with Crippen LogP contribution in [-0.4, -0.2) is 23.0 Å². The molecule has 0 spiro atoms. The van der Waals surface area contributed by atoms with E-state index in [1.165, 1.54) is 0 Å². The molecular weight excluding hydrogens is 158 g/mol. The minimum absolute atomic E-state index is 0.0729. The number of rotatable bonds is 0. The summed E-state index contributed by atoms with van der Waals surface area (Å²) in [6.45, 7) is 8.87. The molecule has 0 unspecified atom stereocenters. The standard InChI is InChI=1S/C12H19N/c1-7-10-8-11(2,3)13(6)12(4,5)9-10/h1,8H,9H2,2-6H3. The van der Waals surface area contributed by atoms with E-state index in [0.29, 0.717) is 0 Å². The van der Waals surface area contributed by atoms with Crippen molar-refractivity contribution in [3.63, 3.8) is 0 Å². The monoisotopic (exact) mass is 177 g/mol. The van der Waals surface area contributed by atoms with E-state index in [0.717, 1.165) is 12.0 Å². The summed E-state index contributed by atoms with van der Waals surface area (Å²) in [4.78, 5) is 2.38. The zero-order chi connectivity index (χ0) is 10.3. The molecule has 0 saturated heterocycles. The molecule has 1 heteroatoms. The smallest absolute Gasteiger partial charge is 0.0349 e. The molecular formula is C12H19N. The summed E-state index contributed by atoms with van der Waals surface area (Å²) < 4.78 is 0. The number of likely N-dealkylation sites (N-methyl/N-ethyl adjacent to an activating group) is 1. The number of nitrogens with zero attached hydrogens (tertiary/aromatic N) is 1. The molecule has 1 nitrogen and oxygen atoms in total. The van der Waals surface area contributed by atoms with E-state index < -0.39 is 0 Å². The molecule has 0 atom stereocenters. The molecule has 1 heterocycles. The van der Waals surface area contributed by atoms with E-state index in [4.69, 9.17) is 6.42 Å². The van der Waals surface area contributed by atoms with Crippen molar-refractivity contribution in [2.45, 2.75) is 45.2 Å². The lowest BCUT2D eigenvalue weighted by Crippen LogP contribution is -2.54. The van der Waals surface area contributed by atoms with E-state index in [1.807, 2.05) is 0 Å². The highest BCUT2D eigenvalue weighted by atomic mass is 15.2. The van der Waals surface area contributed by atoms with Crippen LogP contribution in [-0.2, 0) is 0 Å². The Labute approximate surface area is 81.8 Å². The van der Waals surface area contributed by atoms with Gasteiger partial charge in [-0.15, -0.1) is 6.42 Å². The molecule has 0 aromatic rings. The van der Waals surface area contributed by atoms with Gasteiger partial charge in [0.25, 0.3) is 0 Å². The van der Waals surface area contributed by atoms with E-state index in [9.17, 15) is 0 Å². The van der Waals surface area contributed by atoms with Gasteiger partial charge in [0, 0.05) is 16.7 Å². The molecule has 0 aromatic carbocycles. The quantitative estimate of drug-likeness (QED) is 0.514. The third-order valence-corrected chi connectivity index (χ3v) is 3.11. The minimum atomic E-state index is 0.0729. The van der Waals surface area contributed by atoms with Crippen molar-refractivity contribution in [2.75, 3.05) is 7.05 Å². The van der Waals surface area contributed by atoms with Gasteiger partial charge in [-0.2, -0.15) is 0 Å². The van der Waals surface area contributed by atoms with Gasteiger partial charge >= 0.3 is 0 Å². The summed E-state index contributed by atoms with van der Waals surface area (Å²) in [5, 5.41) is 0. The highest BCUT2D eigenvalue weighted by Crippen LogP contribution is 2.35. The predicted molar refractivity (Wildman–Crippen MR) is 57.5 cm³/mol. The first kappa shape index (κ1) is 10.3. The van der Waals surface area contributed by atoms with Gasteiger partial charge in [-0.05, 0) is 41.2 Å². The average Bonchev–Trinajstić information content (AvgIpc) is 1.99. The lowest BCUT2D eigenvalue weighted by Gasteiger charge is -2.48. The van der Waals surface area contributed by atoms with Crippen LogP contribution < -0.4 is 0 Å². The van der Waals surface area contributed by atoms with Crippen LogP contribution in [0.4, 0.5) is 0 Å². The van der Waals surface area contributed by atoms with Crippen LogP contribution in [0.2, 0.25) is 0 Å². The van der Waals surface area contributed by atoms with Crippen LogP contribution in [0.25, 0.3) is 0 Å². The summed E-state index contributed by atoms with van der Waals surface area (Å²) >= 11 is 0. The Hall–Kier alpha value is -0.740. The Kier molecular flexibility index (Phi) is 2.30. The molecule has 0 bridgehead atoms. The van der Waals surface area contributed by atoms with Crippen LogP contribution in [0.1, 0.15) is 34.1 Å². The second kappa shape index (κ2) is 2.89. The zero-order valence-electron chi connectivity index (χ0n) is 9.31. The molecule has 0 fully saturated rings. The maximum Gasteiger partial charge on any atom is 0.0349 e. The second-order valence-corrected chi connectivity index (χ2v) is 5.02. The molecule has 0 aliphatic carbocycles. The fourth-order valence-corrected chi connectivity index (χ4v) is 2.03. The van der Waals surface area contributed by atoms with Crippen LogP contribution in [0.3, 0.4) is 0 Å². The van der Waals surface area contributed by atoms with E-state index in [1.54, 1.807) is 0 Å². The number of hydrogen-bond donors (Lipinski definition) is 0. The van der Waals surface area contributed by atoms with E-state index >= 15 is 0 Å². The molecule has 0 amide bonds. The number of hydrogen-bond acceptors (Lipinski definition) is 1. The Morgan fingerprint density at radius 3 is 2.31 bits per heavy atom. The normalized spacial score (nSPS) is 26.3. The highest BCUT2D eigenvalue weighted by molar-refractivity contribution is 5.33. The lowest BCUT2D eigenvalue weighted by atomic mass is 9.82. The van der Waals surface area contributed by atoms with Crippen LogP contribution in [0.5, 0.6) is 0 Å². The molecule has 0 N–H and O–H groups in total. The minimum Gasteiger partial charge on any atom is -0.292 e. The predicted octanol–water partition coefficient (Wildman–Crippen LogP) is 2.44. The molecule has 13 heavy (non-hydrogen) atoms. The van der Waals surface area contributed by atoms with Gasteiger partial charge in [0.2, 0.25) is 0 Å². The van der Waals surface area contributed by atoms with Crippen LogP contribution in [0, 0.1) is 12.3 Å². The average molecular weight is 177 g/mol.